The molecule has 0 bridgehead atoms. The maximum absolute atomic E-state index is 15.3. The molecule has 1 saturated carbocycles. The number of unbranched alkanes of at least 4 members (excludes halogenated alkanes) is 2. The summed E-state index contributed by atoms with van der Waals surface area (Å²) in [5.74, 6) is 0.168. The number of amides is 1. The topological polar surface area (TPSA) is 119 Å². The van der Waals surface area contributed by atoms with Crippen molar-refractivity contribution in [3.8, 4) is 17.2 Å². The first kappa shape index (κ1) is 45.6. The molecular formula is C56H64N2O8. The van der Waals surface area contributed by atoms with Crippen LogP contribution in [0.25, 0.3) is 21.5 Å². The van der Waals surface area contributed by atoms with Gasteiger partial charge in [-0.15, -0.1) is 6.58 Å². The van der Waals surface area contributed by atoms with Crippen LogP contribution in [0.2, 0.25) is 0 Å². The molecule has 66 heavy (non-hydrogen) atoms. The molecule has 10 heteroatoms. The molecule has 1 saturated heterocycles. The van der Waals surface area contributed by atoms with Gasteiger partial charge in [-0.25, -0.2) is 0 Å². The molecule has 2 N–H and O–H groups in total. The molecular weight excluding hydrogens is 829 g/mol. The fourth-order valence-corrected chi connectivity index (χ4v) is 11.1. The van der Waals surface area contributed by atoms with Gasteiger partial charge in [0.1, 0.15) is 23.3 Å². The number of rotatable bonds is 19. The van der Waals surface area contributed by atoms with Gasteiger partial charge >= 0.3 is 0 Å². The van der Waals surface area contributed by atoms with Crippen LogP contribution in [0.4, 0.5) is 0 Å². The van der Waals surface area contributed by atoms with Crippen molar-refractivity contribution < 1.29 is 38.8 Å². The fraction of sp³-hybridized carbons (Fsp3) is 0.429. The molecule has 0 spiro atoms. The first-order chi connectivity index (χ1) is 32.4. The normalized spacial score (nSPS) is 25.1. The molecule has 9 rings (SSSR count). The van der Waals surface area contributed by atoms with E-state index in [2.05, 4.69) is 56.0 Å². The van der Waals surface area contributed by atoms with Crippen LogP contribution in [0.1, 0.15) is 99.4 Å². The summed E-state index contributed by atoms with van der Waals surface area (Å²) in [7, 11) is 0. The van der Waals surface area contributed by atoms with E-state index >= 15 is 4.79 Å². The van der Waals surface area contributed by atoms with E-state index in [0.29, 0.717) is 55.9 Å². The number of ether oxygens (including phenoxy) is 4. The Labute approximate surface area is 388 Å². The highest BCUT2D eigenvalue weighted by Crippen LogP contribution is 2.62. The van der Waals surface area contributed by atoms with E-state index in [4.69, 9.17) is 28.9 Å². The number of benzene rings is 5. The zero-order valence-corrected chi connectivity index (χ0v) is 38.2. The zero-order valence-electron chi connectivity index (χ0n) is 38.2. The Bertz CT molecular complexity index is 2550. The molecule has 346 valence electrons. The number of aliphatic hydroxyl groups excluding tert-OH is 2. The number of fused-ring (bicyclic) bond motifs is 4. The van der Waals surface area contributed by atoms with Gasteiger partial charge in [0.25, 0.3) is 5.91 Å². The second kappa shape index (κ2) is 21.0. The molecule has 0 radical (unpaired) electrons. The maximum atomic E-state index is 15.3. The molecule has 5 aromatic carbocycles. The summed E-state index contributed by atoms with van der Waals surface area (Å²) in [6.45, 7) is 7.68. The minimum Gasteiger partial charge on any atom is -0.459 e. The van der Waals surface area contributed by atoms with Crippen LogP contribution >= 0.6 is 0 Å². The Morgan fingerprint density at radius 3 is 2.30 bits per heavy atom. The van der Waals surface area contributed by atoms with E-state index in [9.17, 15) is 10.2 Å². The number of hydrogen-bond donors (Lipinski definition) is 2. The first-order valence-electron chi connectivity index (χ1n) is 24.3. The summed E-state index contributed by atoms with van der Waals surface area (Å²) < 4.78 is 27.5. The number of hydrogen-bond acceptors (Lipinski definition) is 9. The monoisotopic (exact) mass is 892 g/mol. The lowest BCUT2D eigenvalue weighted by Gasteiger charge is -2.60. The number of oxime groups is 1. The number of carbonyl (C=O) groups excluding carboxylic acids is 1. The molecule has 4 aliphatic rings. The third-order valence-electron chi connectivity index (χ3n) is 14.1. The minimum absolute atomic E-state index is 0.0766. The molecule has 10 nitrogen and oxygen atoms in total. The highest BCUT2D eigenvalue weighted by Gasteiger charge is 2.65. The van der Waals surface area contributed by atoms with E-state index in [0.717, 1.165) is 89.1 Å². The van der Waals surface area contributed by atoms with Crippen molar-refractivity contribution in [3.05, 3.63) is 139 Å². The Morgan fingerprint density at radius 1 is 0.864 bits per heavy atom. The number of nitrogens with zero attached hydrogens (tertiary/aromatic N) is 2. The lowest BCUT2D eigenvalue weighted by Crippen LogP contribution is -2.70. The summed E-state index contributed by atoms with van der Waals surface area (Å²) in [6, 6.07) is 33.9. The van der Waals surface area contributed by atoms with Crippen molar-refractivity contribution in [1.29, 1.82) is 0 Å². The standard InChI is InChI=1S/C56H64N2O8/c1-3-28-58(55(61)43-23-22-38-15-5-7-17-40(38)33-43)51-37-49(57-66-52-21-11-14-32-62-52)47-35-42(19-9-12-29-59)46(20-10-13-30-60)53-48-36-45(64-44-25-24-39-16-6-8-18-41(39)34-44)26-27-50(48)65-56(51,54(47)53)63-31-4-2/h4-8,15-18,22-27,33-36,42,46,51-54,59-60H,2-3,9-14,19-21,28-32,37H2,1H3. The van der Waals surface area contributed by atoms with Crippen LogP contribution in [0.15, 0.2) is 133 Å². The fourth-order valence-electron chi connectivity index (χ4n) is 11.1. The second-order valence-corrected chi connectivity index (χ2v) is 18.3. The molecule has 2 heterocycles. The van der Waals surface area contributed by atoms with Crippen molar-refractivity contribution in [3.63, 3.8) is 0 Å². The molecule has 0 aromatic heterocycles. The number of allylic oxidation sites excluding steroid dienone is 1. The largest absolute Gasteiger partial charge is 0.459 e. The van der Waals surface area contributed by atoms with Gasteiger partial charge in [-0.2, -0.15) is 0 Å². The highest BCUT2D eigenvalue weighted by molar-refractivity contribution is 6.04. The average molecular weight is 893 g/mol. The lowest BCUT2D eigenvalue weighted by molar-refractivity contribution is -0.254. The molecule has 2 aliphatic heterocycles. The molecule has 2 aliphatic carbocycles. The predicted molar refractivity (Wildman–Crippen MR) is 259 cm³/mol. The van der Waals surface area contributed by atoms with Gasteiger partial charge in [0.15, 0.2) is 0 Å². The smallest absolute Gasteiger partial charge is 0.254 e. The van der Waals surface area contributed by atoms with Gasteiger partial charge in [-0.05, 0) is 126 Å². The Hall–Kier alpha value is -5.52. The van der Waals surface area contributed by atoms with Crippen LogP contribution in [0, 0.1) is 17.8 Å². The van der Waals surface area contributed by atoms with Crippen LogP contribution in [0.3, 0.4) is 0 Å². The molecule has 1 amide bonds. The highest BCUT2D eigenvalue weighted by atomic mass is 16.8. The van der Waals surface area contributed by atoms with E-state index < -0.39 is 24.0 Å². The number of aliphatic hydroxyl groups is 2. The third kappa shape index (κ3) is 9.39. The van der Waals surface area contributed by atoms with Gasteiger partial charge in [-0.3, -0.25) is 4.79 Å². The Morgan fingerprint density at radius 2 is 1.58 bits per heavy atom. The van der Waals surface area contributed by atoms with Gasteiger partial charge in [0, 0.05) is 49.6 Å². The van der Waals surface area contributed by atoms with Gasteiger partial charge in [-0.1, -0.05) is 97.7 Å². The number of carbonyl (C=O) groups is 1. The van der Waals surface area contributed by atoms with E-state index in [1.807, 2.05) is 71.6 Å². The quantitative estimate of drug-likeness (QED) is 0.0478. The first-order valence-corrected chi connectivity index (χ1v) is 24.3. The van der Waals surface area contributed by atoms with Gasteiger partial charge < -0.3 is 38.9 Å². The van der Waals surface area contributed by atoms with Crippen LogP contribution in [-0.4, -0.2) is 77.8 Å². The van der Waals surface area contributed by atoms with E-state index in [1.165, 1.54) is 0 Å². The predicted octanol–water partition coefficient (Wildman–Crippen LogP) is 11.5. The Balaban J connectivity index is 1.23. The lowest BCUT2D eigenvalue weighted by atomic mass is 9.55. The molecule has 2 fully saturated rings. The summed E-state index contributed by atoms with van der Waals surface area (Å²) in [6.07, 6.45) is 12.1. The van der Waals surface area contributed by atoms with Crippen molar-refractivity contribution in [2.24, 2.45) is 22.9 Å². The average Bonchev–Trinajstić information content (AvgIpc) is 3.35. The summed E-state index contributed by atoms with van der Waals surface area (Å²) in [5.41, 5.74) is 3.34. The summed E-state index contributed by atoms with van der Waals surface area (Å²) in [5, 5.41) is 29.4. The van der Waals surface area contributed by atoms with Crippen molar-refractivity contribution in [2.45, 2.75) is 102 Å². The SMILES string of the molecule is C=CCOC12Oc3ccc(Oc4ccc5ccccc5c4)cc3C3C(CCCCO)C(CCCCO)C=C(C(=NOC4CCCCO4)CC1N(CCC)C(=O)c1ccc4ccccc4c1)C32. The van der Waals surface area contributed by atoms with E-state index in [1.54, 1.807) is 6.08 Å². The summed E-state index contributed by atoms with van der Waals surface area (Å²) >= 11 is 0. The van der Waals surface area contributed by atoms with Gasteiger partial charge in [0.2, 0.25) is 12.1 Å². The van der Waals surface area contributed by atoms with Crippen molar-refractivity contribution >= 4 is 33.2 Å². The Kier molecular flexibility index (Phi) is 14.5. The third-order valence-corrected chi connectivity index (χ3v) is 14.1. The zero-order chi connectivity index (χ0) is 45.5. The van der Waals surface area contributed by atoms with Crippen LogP contribution in [-0.2, 0) is 14.3 Å². The van der Waals surface area contributed by atoms with Crippen LogP contribution in [0.5, 0.6) is 17.2 Å². The maximum Gasteiger partial charge on any atom is 0.254 e. The summed E-state index contributed by atoms with van der Waals surface area (Å²) in [4.78, 5) is 23.7. The van der Waals surface area contributed by atoms with Crippen molar-refractivity contribution in [2.75, 3.05) is 33.0 Å². The minimum atomic E-state index is -1.37. The van der Waals surface area contributed by atoms with Gasteiger partial charge in [0.05, 0.1) is 24.8 Å². The second-order valence-electron chi connectivity index (χ2n) is 18.3. The van der Waals surface area contributed by atoms with Crippen LogP contribution < -0.4 is 9.47 Å². The van der Waals surface area contributed by atoms with Crippen molar-refractivity contribution in [1.82, 2.24) is 4.90 Å². The van der Waals surface area contributed by atoms with E-state index in [-0.39, 0.29) is 43.5 Å². The molecule has 7 unspecified atom stereocenters. The molecule has 7 atom stereocenters. The molecule has 5 aromatic rings.